The lowest BCUT2D eigenvalue weighted by molar-refractivity contribution is -0.117. The fourth-order valence-corrected chi connectivity index (χ4v) is 5.49. The molecule has 0 bridgehead atoms. The number of carbonyl (C=O) groups is 1. The minimum absolute atomic E-state index is 0.0567. The number of para-hydroxylation sites is 1. The van der Waals surface area contributed by atoms with Gasteiger partial charge in [-0.25, -0.2) is 8.42 Å². The number of halogens is 2. The lowest BCUT2D eigenvalue weighted by atomic mass is 9.98. The summed E-state index contributed by atoms with van der Waals surface area (Å²) in [7, 11) is -3.64. The topological polar surface area (TPSA) is 131 Å². The predicted molar refractivity (Wildman–Crippen MR) is 142 cm³/mol. The molecule has 0 radical (unpaired) electrons. The summed E-state index contributed by atoms with van der Waals surface area (Å²) in [6.45, 7) is 0.376. The molecule has 1 aliphatic heterocycles. The van der Waals surface area contributed by atoms with Crippen LogP contribution in [0.25, 0.3) is 10.9 Å². The number of ether oxygens (including phenoxy) is 1. The van der Waals surface area contributed by atoms with Crippen molar-refractivity contribution < 1.29 is 17.9 Å². The molecule has 1 amide bonds. The van der Waals surface area contributed by atoms with Gasteiger partial charge in [-0.1, -0.05) is 35.3 Å². The number of fused-ring (bicyclic) bond motifs is 1. The van der Waals surface area contributed by atoms with Crippen LogP contribution in [0.2, 0.25) is 10.0 Å². The Hall–Kier alpha value is -3.78. The molecule has 1 atom stereocenters. The van der Waals surface area contributed by atoms with Gasteiger partial charge in [0.15, 0.2) is 11.6 Å². The second-order valence-corrected chi connectivity index (χ2v) is 11.2. The van der Waals surface area contributed by atoms with Gasteiger partial charge < -0.3 is 15.4 Å². The highest BCUT2D eigenvalue weighted by molar-refractivity contribution is 7.89. The molecule has 0 aliphatic carbocycles. The molecular weight excluding hydrogens is 537 g/mol. The third kappa shape index (κ3) is 4.57. The van der Waals surface area contributed by atoms with Crippen LogP contribution in [0.1, 0.15) is 23.5 Å². The Balaban J connectivity index is 1.44. The van der Waals surface area contributed by atoms with Crippen LogP contribution in [0.15, 0.2) is 54.6 Å². The largest absolute Gasteiger partial charge is 0.453 e. The van der Waals surface area contributed by atoms with E-state index in [1.807, 2.05) is 12.1 Å². The number of hydrogen-bond donors (Lipinski definition) is 1. The van der Waals surface area contributed by atoms with Crippen molar-refractivity contribution in [3.8, 4) is 17.6 Å². The van der Waals surface area contributed by atoms with Crippen LogP contribution in [0.3, 0.4) is 0 Å². The first-order valence-electron chi connectivity index (χ1n) is 11.0. The van der Waals surface area contributed by atoms with Gasteiger partial charge in [-0.2, -0.15) is 9.35 Å². The molecule has 1 aliphatic rings. The first-order chi connectivity index (χ1) is 17.6. The number of benzene rings is 3. The van der Waals surface area contributed by atoms with E-state index in [-0.39, 0.29) is 40.4 Å². The molecule has 3 aromatic carbocycles. The summed E-state index contributed by atoms with van der Waals surface area (Å²) in [6.07, 6.45) is 1.28. The molecule has 0 saturated carbocycles. The van der Waals surface area contributed by atoms with Crippen LogP contribution in [0, 0.1) is 11.3 Å². The second kappa shape index (κ2) is 9.27. The van der Waals surface area contributed by atoms with Crippen molar-refractivity contribution in [3.05, 3.63) is 75.8 Å². The number of nitrogen functional groups attached to an aromatic ring is 1. The maximum Gasteiger partial charge on any atom is 0.251 e. The van der Waals surface area contributed by atoms with E-state index in [4.69, 9.17) is 33.7 Å². The summed E-state index contributed by atoms with van der Waals surface area (Å²) in [5.74, 6) is 0.308. The number of hydrogen-bond acceptors (Lipinski definition) is 7. The van der Waals surface area contributed by atoms with Gasteiger partial charge in [-0.05, 0) is 48.0 Å². The van der Waals surface area contributed by atoms with Crippen molar-refractivity contribution in [2.24, 2.45) is 0 Å². The minimum Gasteiger partial charge on any atom is -0.453 e. The zero-order valence-corrected chi connectivity index (χ0v) is 21.7. The summed E-state index contributed by atoms with van der Waals surface area (Å²) < 4.78 is 30.8. The molecule has 9 nitrogen and oxygen atoms in total. The average Bonchev–Trinajstić information content (AvgIpc) is 3.41. The van der Waals surface area contributed by atoms with Crippen LogP contribution in [-0.2, 0) is 14.8 Å². The lowest BCUT2D eigenvalue weighted by Gasteiger charge is -2.18. The average molecular weight is 556 g/mol. The maximum atomic E-state index is 13.0. The van der Waals surface area contributed by atoms with Crippen LogP contribution < -0.4 is 15.4 Å². The summed E-state index contributed by atoms with van der Waals surface area (Å²) in [4.78, 5) is 14.6. The van der Waals surface area contributed by atoms with Gasteiger partial charge in [-0.3, -0.25) is 4.79 Å². The Bertz CT molecular complexity index is 1730. The standard InChI is InChI=1S/C25H19Cl2N5O4S/c1-37(34,35)32-21-8-6-17(11-18(21)25(29)30-32)31-13-16(10-23(31)33)14-5-7-19(26)22(9-14)36-24-15(12-28)3-2-4-20(24)27/h2-9,11,16H,10,13H2,1H3,(H2,29,30). The Labute approximate surface area is 222 Å². The van der Waals surface area contributed by atoms with E-state index in [1.54, 1.807) is 53.4 Å². The third-order valence-electron chi connectivity index (χ3n) is 6.14. The van der Waals surface area contributed by atoms with Gasteiger partial charge in [0.25, 0.3) is 10.0 Å². The lowest BCUT2D eigenvalue weighted by Crippen LogP contribution is -2.24. The highest BCUT2D eigenvalue weighted by Crippen LogP contribution is 2.40. The fourth-order valence-electron chi connectivity index (χ4n) is 4.37. The van der Waals surface area contributed by atoms with Crippen molar-refractivity contribution in [1.29, 1.82) is 5.26 Å². The molecule has 12 heteroatoms. The Morgan fingerprint density at radius 1 is 1.14 bits per heavy atom. The van der Waals surface area contributed by atoms with Gasteiger partial charge >= 0.3 is 0 Å². The molecule has 2 heterocycles. The normalized spacial score (nSPS) is 15.8. The van der Waals surface area contributed by atoms with Crippen LogP contribution >= 0.6 is 23.2 Å². The van der Waals surface area contributed by atoms with Gasteiger partial charge in [0.1, 0.15) is 11.8 Å². The monoisotopic (exact) mass is 555 g/mol. The highest BCUT2D eigenvalue weighted by Gasteiger charge is 2.32. The zero-order chi connectivity index (χ0) is 26.5. The summed E-state index contributed by atoms with van der Waals surface area (Å²) in [6, 6.07) is 17.1. The number of amides is 1. The van der Waals surface area contributed by atoms with E-state index in [0.29, 0.717) is 33.9 Å². The molecule has 2 N–H and O–H groups in total. The Morgan fingerprint density at radius 2 is 1.92 bits per heavy atom. The van der Waals surface area contributed by atoms with Crippen LogP contribution in [0.5, 0.6) is 11.5 Å². The highest BCUT2D eigenvalue weighted by atomic mass is 35.5. The second-order valence-electron chi connectivity index (χ2n) is 8.62. The van der Waals surface area contributed by atoms with E-state index < -0.39 is 10.0 Å². The molecule has 188 valence electrons. The molecule has 1 unspecified atom stereocenters. The van der Waals surface area contributed by atoms with Crippen LogP contribution in [0.4, 0.5) is 11.5 Å². The van der Waals surface area contributed by atoms with E-state index in [1.165, 1.54) is 0 Å². The summed E-state index contributed by atoms with van der Waals surface area (Å²) in [5, 5.41) is 14.4. The molecule has 1 fully saturated rings. The first-order valence-corrected chi connectivity index (χ1v) is 13.6. The molecule has 0 spiro atoms. The van der Waals surface area contributed by atoms with E-state index in [2.05, 4.69) is 5.10 Å². The molecular formula is C25H19Cl2N5O4S. The SMILES string of the molecule is CS(=O)(=O)n1nc(N)c2cc(N3CC(c4ccc(Cl)c(Oc5c(Cl)cccc5C#N)c4)CC3=O)ccc21. The maximum absolute atomic E-state index is 13.0. The number of carbonyl (C=O) groups excluding carboxylic acids is 1. The number of aromatic nitrogens is 2. The van der Waals surface area contributed by atoms with E-state index >= 15 is 0 Å². The van der Waals surface area contributed by atoms with Gasteiger partial charge in [0.05, 0.1) is 27.4 Å². The van der Waals surface area contributed by atoms with Gasteiger partial charge in [-0.15, -0.1) is 5.10 Å². The zero-order valence-electron chi connectivity index (χ0n) is 19.4. The number of rotatable bonds is 5. The molecule has 37 heavy (non-hydrogen) atoms. The number of anilines is 2. The Morgan fingerprint density at radius 3 is 2.65 bits per heavy atom. The predicted octanol–water partition coefficient (Wildman–Crippen LogP) is 4.92. The quantitative estimate of drug-likeness (QED) is 0.369. The van der Waals surface area contributed by atoms with Crippen molar-refractivity contribution in [1.82, 2.24) is 9.19 Å². The number of nitrogens with two attached hydrogens (primary N) is 1. The van der Waals surface area contributed by atoms with Crippen molar-refractivity contribution >= 4 is 61.5 Å². The van der Waals surface area contributed by atoms with Crippen molar-refractivity contribution in [3.63, 3.8) is 0 Å². The number of nitrogens with zero attached hydrogens (tertiary/aromatic N) is 4. The Kier molecular flexibility index (Phi) is 6.23. The van der Waals surface area contributed by atoms with E-state index in [9.17, 15) is 18.5 Å². The van der Waals surface area contributed by atoms with Gasteiger partial charge in [0, 0.05) is 30.0 Å². The molecule has 5 rings (SSSR count). The number of nitriles is 1. The fraction of sp³-hybridized carbons (Fsp3) is 0.160. The van der Waals surface area contributed by atoms with Crippen molar-refractivity contribution in [2.45, 2.75) is 12.3 Å². The van der Waals surface area contributed by atoms with Gasteiger partial charge in [0.2, 0.25) is 5.91 Å². The van der Waals surface area contributed by atoms with E-state index in [0.717, 1.165) is 15.9 Å². The summed E-state index contributed by atoms with van der Waals surface area (Å²) >= 11 is 12.6. The van der Waals surface area contributed by atoms with Crippen LogP contribution in [-0.4, -0.2) is 36.3 Å². The molecule has 1 saturated heterocycles. The third-order valence-corrected chi connectivity index (χ3v) is 7.65. The molecule has 1 aromatic heterocycles. The minimum atomic E-state index is -3.64. The smallest absolute Gasteiger partial charge is 0.251 e. The molecule has 4 aromatic rings. The van der Waals surface area contributed by atoms with Crippen molar-refractivity contribution in [2.75, 3.05) is 23.4 Å². The summed E-state index contributed by atoms with van der Waals surface area (Å²) in [5.41, 5.74) is 7.98. The first kappa shape index (κ1) is 24.9.